The normalized spacial score (nSPS) is 10.4. The zero-order valence-corrected chi connectivity index (χ0v) is 13.9. The maximum Gasteiger partial charge on any atom is 0.230 e. The van der Waals surface area contributed by atoms with Gasteiger partial charge in [-0.2, -0.15) is 0 Å². The molecule has 0 saturated heterocycles. The number of hydrogen-bond acceptors (Lipinski definition) is 3. The summed E-state index contributed by atoms with van der Waals surface area (Å²) in [5.41, 5.74) is 2.50. The smallest absolute Gasteiger partial charge is 0.230 e. The molecule has 0 heterocycles. The first-order valence-electron chi connectivity index (χ1n) is 7.22. The quantitative estimate of drug-likeness (QED) is 0.648. The van der Waals surface area contributed by atoms with Gasteiger partial charge >= 0.3 is 0 Å². The summed E-state index contributed by atoms with van der Waals surface area (Å²) in [5, 5.41) is 2.82. The van der Waals surface area contributed by atoms with Crippen molar-refractivity contribution in [2.75, 3.05) is 5.75 Å². The lowest BCUT2D eigenvalue weighted by Crippen LogP contribution is -2.24. The highest BCUT2D eigenvalue weighted by molar-refractivity contribution is 8.00. The fourth-order valence-corrected chi connectivity index (χ4v) is 2.78. The molecule has 120 valence electrons. The number of nitrogens with one attached hydrogen (secondary N) is 1. The lowest BCUT2D eigenvalue weighted by atomic mass is 10.1. The molecule has 23 heavy (non-hydrogen) atoms. The molecule has 0 saturated carbocycles. The van der Waals surface area contributed by atoms with E-state index in [0.717, 1.165) is 22.9 Å². The van der Waals surface area contributed by atoms with Crippen molar-refractivity contribution in [1.82, 2.24) is 5.32 Å². The Morgan fingerprint density at radius 2 is 1.91 bits per heavy atom. The van der Waals surface area contributed by atoms with E-state index in [1.165, 1.54) is 19.1 Å². The summed E-state index contributed by atoms with van der Waals surface area (Å²) >= 11 is 1.12. The van der Waals surface area contributed by atoms with E-state index in [4.69, 9.17) is 0 Å². The molecule has 0 unspecified atom stereocenters. The number of carbonyl (C=O) groups excluding carboxylic acids is 2. The average Bonchev–Trinajstić information content (AvgIpc) is 2.52. The van der Waals surface area contributed by atoms with Crippen molar-refractivity contribution in [3.8, 4) is 0 Å². The Morgan fingerprint density at radius 1 is 1.17 bits per heavy atom. The maximum absolute atomic E-state index is 13.9. The molecule has 0 bridgehead atoms. The number of Topliss-reactive ketones (excluding diaryl/α,β-unsaturated/α-hetero) is 1. The van der Waals surface area contributed by atoms with E-state index in [-0.39, 0.29) is 17.4 Å². The molecular weight excluding hydrogens is 313 g/mol. The number of halogens is 1. The summed E-state index contributed by atoms with van der Waals surface area (Å²) < 4.78 is 13.9. The molecule has 2 aromatic carbocycles. The van der Waals surface area contributed by atoms with E-state index >= 15 is 0 Å². The number of ketones is 1. The maximum atomic E-state index is 13.9. The number of thioether (sulfide) groups is 1. The zero-order valence-electron chi connectivity index (χ0n) is 13.1. The van der Waals surface area contributed by atoms with E-state index in [1.54, 1.807) is 6.07 Å². The Morgan fingerprint density at radius 3 is 2.57 bits per heavy atom. The highest BCUT2D eigenvalue weighted by Crippen LogP contribution is 2.22. The van der Waals surface area contributed by atoms with Gasteiger partial charge in [-0.3, -0.25) is 9.59 Å². The Balaban J connectivity index is 1.87. The lowest BCUT2D eigenvalue weighted by Gasteiger charge is -2.08. The Hall–Kier alpha value is -2.14. The summed E-state index contributed by atoms with van der Waals surface area (Å²) in [7, 11) is 0. The van der Waals surface area contributed by atoms with Crippen LogP contribution in [-0.2, 0) is 11.3 Å². The van der Waals surface area contributed by atoms with Crippen LogP contribution in [0.25, 0.3) is 0 Å². The Labute approximate surface area is 139 Å². The Bertz CT molecular complexity index is 731. The molecule has 3 nitrogen and oxygen atoms in total. The molecule has 2 rings (SSSR count). The standard InChI is InChI=1S/C18H18FNO2S/c1-12-5-3-4-6-15(12)10-20-18(22)11-23-17-8-7-14(13(2)21)9-16(17)19/h3-9H,10-11H2,1-2H3,(H,20,22). The zero-order chi connectivity index (χ0) is 16.8. The van der Waals surface area contributed by atoms with Crippen molar-refractivity contribution in [2.24, 2.45) is 0 Å². The average molecular weight is 331 g/mol. The molecule has 2 aromatic rings. The number of benzene rings is 2. The van der Waals surface area contributed by atoms with Crippen molar-refractivity contribution in [1.29, 1.82) is 0 Å². The van der Waals surface area contributed by atoms with Crippen molar-refractivity contribution in [3.05, 3.63) is 65.0 Å². The molecular formula is C18H18FNO2S. The molecule has 0 radical (unpaired) electrons. The molecule has 0 aromatic heterocycles. The van der Waals surface area contributed by atoms with Crippen LogP contribution in [0.1, 0.15) is 28.4 Å². The summed E-state index contributed by atoms with van der Waals surface area (Å²) in [6.07, 6.45) is 0. The third-order valence-electron chi connectivity index (χ3n) is 3.43. The van der Waals surface area contributed by atoms with Crippen LogP contribution in [0.3, 0.4) is 0 Å². The molecule has 0 spiro atoms. The van der Waals surface area contributed by atoms with Gasteiger partial charge in [0, 0.05) is 17.0 Å². The highest BCUT2D eigenvalue weighted by Gasteiger charge is 2.09. The second-order valence-electron chi connectivity index (χ2n) is 5.19. The van der Waals surface area contributed by atoms with Gasteiger partial charge < -0.3 is 5.32 Å². The van der Waals surface area contributed by atoms with Crippen molar-refractivity contribution in [3.63, 3.8) is 0 Å². The van der Waals surface area contributed by atoms with Crippen LogP contribution in [0, 0.1) is 12.7 Å². The number of rotatable bonds is 6. The van der Waals surface area contributed by atoms with E-state index in [2.05, 4.69) is 5.32 Å². The van der Waals surface area contributed by atoms with Crippen LogP contribution in [0.2, 0.25) is 0 Å². The molecule has 1 amide bonds. The van der Waals surface area contributed by atoms with Crippen molar-refractivity contribution >= 4 is 23.5 Å². The van der Waals surface area contributed by atoms with Gasteiger partial charge in [0.1, 0.15) is 5.82 Å². The Kier molecular flexibility index (Phi) is 5.93. The third kappa shape index (κ3) is 4.93. The summed E-state index contributed by atoms with van der Waals surface area (Å²) in [6.45, 7) is 3.83. The topological polar surface area (TPSA) is 46.2 Å². The van der Waals surface area contributed by atoms with E-state index < -0.39 is 5.82 Å². The second-order valence-corrected chi connectivity index (χ2v) is 6.21. The van der Waals surface area contributed by atoms with Gasteiger partial charge in [-0.05, 0) is 37.1 Å². The van der Waals surface area contributed by atoms with Gasteiger partial charge in [0.05, 0.1) is 5.75 Å². The number of aryl methyl sites for hydroxylation is 1. The summed E-state index contributed by atoms with van der Waals surface area (Å²) in [6, 6.07) is 12.1. The fraction of sp³-hybridized carbons (Fsp3) is 0.222. The van der Waals surface area contributed by atoms with E-state index in [1.807, 2.05) is 31.2 Å². The van der Waals surface area contributed by atoms with E-state index in [9.17, 15) is 14.0 Å². The minimum atomic E-state index is -0.477. The van der Waals surface area contributed by atoms with Crippen LogP contribution in [0.4, 0.5) is 4.39 Å². The SMILES string of the molecule is CC(=O)c1ccc(SCC(=O)NCc2ccccc2C)c(F)c1. The molecule has 0 fully saturated rings. The minimum Gasteiger partial charge on any atom is -0.351 e. The van der Waals surface area contributed by atoms with Gasteiger partial charge in [0.15, 0.2) is 5.78 Å². The largest absolute Gasteiger partial charge is 0.351 e. The van der Waals surface area contributed by atoms with Crippen molar-refractivity contribution in [2.45, 2.75) is 25.3 Å². The predicted octanol–water partition coefficient (Wildman–Crippen LogP) is 3.75. The predicted molar refractivity (Wildman–Crippen MR) is 90.2 cm³/mol. The highest BCUT2D eigenvalue weighted by atomic mass is 32.2. The molecule has 0 aliphatic carbocycles. The van der Waals surface area contributed by atoms with Gasteiger partial charge in [-0.1, -0.05) is 30.3 Å². The monoisotopic (exact) mass is 331 g/mol. The van der Waals surface area contributed by atoms with Crippen LogP contribution in [-0.4, -0.2) is 17.4 Å². The second kappa shape index (κ2) is 7.92. The molecule has 0 aliphatic heterocycles. The van der Waals surface area contributed by atoms with Crippen LogP contribution < -0.4 is 5.32 Å². The first-order chi connectivity index (χ1) is 11.0. The van der Waals surface area contributed by atoms with Crippen LogP contribution >= 0.6 is 11.8 Å². The van der Waals surface area contributed by atoms with Crippen molar-refractivity contribution < 1.29 is 14.0 Å². The fourth-order valence-electron chi connectivity index (χ4n) is 2.03. The minimum absolute atomic E-state index is 0.127. The van der Waals surface area contributed by atoms with Crippen LogP contribution in [0.15, 0.2) is 47.4 Å². The first kappa shape index (κ1) is 17.2. The first-order valence-corrected chi connectivity index (χ1v) is 8.20. The molecule has 1 N–H and O–H groups in total. The molecule has 5 heteroatoms. The summed E-state index contributed by atoms with van der Waals surface area (Å²) in [4.78, 5) is 23.4. The van der Waals surface area contributed by atoms with Crippen LogP contribution in [0.5, 0.6) is 0 Å². The number of hydrogen-bond donors (Lipinski definition) is 1. The van der Waals surface area contributed by atoms with E-state index in [0.29, 0.717) is 17.0 Å². The number of amides is 1. The van der Waals surface area contributed by atoms with Gasteiger partial charge in [0.25, 0.3) is 0 Å². The van der Waals surface area contributed by atoms with Gasteiger partial charge in [-0.15, -0.1) is 11.8 Å². The lowest BCUT2D eigenvalue weighted by molar-refractivity contribution is -0.118. The molecule has 0 atom stereocenters. The third-order valence-corrected chi connectivity index (χ3v) is 4.48. The molecule has 0 aliphatic rings. The van der Waals surface area contributed by atoms with Gasteiger partial charge in [-0.25, -0.2) is 4.39 Å². The van der Waals surface area contributed by atoms with Gasteiger partial charge in [0.2, 0.25) is 5.91 Å². The summed E-state index contributed by atoms with van der Waals surface area (Å²) in [5.74, 6) is -0.693. The number of carbonyl (C=O) groups is 2.